The van der Waals surface area contributed by atoms with E-state index in [1.54, 1.807) is 12.1 Å². The van der Waals surface area contributed by atoms with Gasteiger partial charge in [0.15, 0.2) is 0 Å². The number of halogens is 1. The standard InChI is InChI=1S/C26H20FNO4/c27-23-13-11-20(26(29)30)15-22(23)21-12-14-24(31-16-18-7-3-1-4-8-18)28-25(21)32-17-19-9-5-2-6-10-19/h1-15H,16-17H2,(H,29,30). The summed E-state index contributed by atoms with van der Waals surface area (Å²) >= 11 is 0. The first kappa shape index (κ1) is 21.1. The molecule has 0 saturated carbocycles. The van der Waals surface area contributed by atoms with Crippen LogP contribution >= 0.6 is 0 Å². The molecule has 1 N–H and O–H groups in total. The van der Waals surface area contributed by atoms with Gasteiger partial charge >= 0.3 is 5.97 Å². The first-order chi connectivity index (χ1) is 15.6. The van der Waals surface area contributed by atoms with Gasteiger partial charge in [-0.2, -0.15) is 4.98 Å². The summed E-state index contributed by atoms with van der Waals surface area (Å²) in [6.07, 6.45) is 0. The summed E-state index contributed by atoms with van der Waals surface area (Å²) in [4.78, 5) is 15.8. The number of hydrogen-bond donors (Lipinski definition) is 1. The Bertz CT molecular complexity index is 1210. The van der Waals surface area contributed by atoms with E-state index < -0.39 is 11.8 Å². The molecule has 0 bridgehead atoms. The molecule has 1 heterocycles. The number of nitrogens with zero attached hydrogens (tertiary/aromatic N) is 1. The highest BCUT2D eigenvalue weighted by molar-refractivity contribution is 5.89. The zero-order chi connectivity index (χ0) is 22.3. The molecule has 0 aliphatic rings. The summed E-state index contributed by atoms with van der Waals surface area (Å²) in [5.74, 6) is -1.25. The van der Waals surface area contributed by atoms with Gasteiger partial charge in [-0.3, -0.25) is 0 Å². The van der Waals surface area contributed by atoms with Crippen LogP contribution in [0.25, 0.3) is 11.1 Å². The Balaban J connectivity index is 1.66. The van der Waals surface area contributed by atoms with Crippen molar-refractivity contribution in [1.29, 1.82) is 0 Å². The first-order valence-electron chi connectivity index (χ1n) is 9.98. The fourth-order valence-corrected chi connectivity index (χ4v) is 3.14. The molecule has 0 unspecified atom stereocenters. The molecule has 32 heavy (non-hydrogen) atoms. The third kappa shape index (κ3) is 5.10. The van der Waals surface area contributed by atoms with Gasteiger partial charge < -0.3 is 14.6 Å². The van der Waals surface area contributed by atoms with E-state index >= 15 is 0 Å². The number of carboxylic acids is 1. The van der Waals surface area contributed by atoms with Crippen LogP contribution in [0.1, 0.15) is 21.5 Å². The number of benzene rings is 3. The molecule has 0 spiro atoms. The zero-order valence-electron chi connectivity index (χ0n) is 17.1. The minimum atomic E-state index is -1.14. The van der Waals surface area contributed by atoms with Crippen molar-refractivity contribution in [3.8, 4) is 22.9 Å². The second-order valence-electron chi connectivity index (χ2n) is 7.05. The van der Waals surface area contributed by atoms with Crippen molar-refractivity contribution >= 4 is 5.97 Å². The molecule has 4 aromatic rings. The number of ether oxygens (including phenoxy) is 2. The maximum absolute atomic E-state index is 14.6. The van der Waals surface area contributed by atoms with Gasteiger partial charge in [0.1, 0.15) is 19.0 Å². The Hall–Kier alpha value is -4.19. The summed E-state index contributed by atoms with van der Waals surface area (Å²) in [6, 6.07) is 26.0. The van der Waals surface area contributed by atoms with E-state index in [-0.39, 0.29) is 23.6 Å². The van der Waals surface area contributed by atoms with E-state index in [0.717, 1.165) is 17.2 Å². The molecule has 0 fully saturated rings. The number of aromatic nitrogens is 1. The molecule has 3 aromatic carbocycles. The molecular weight excluding hydrogens is 409 g/mol. The van der Waals surface area contributed by atoms with Gasteiger partial charge in [-0.1, -0.05) is 60.7 Å². The van der Waals surface area contributed by atoms with Gasteiger partial charge in [-0.05, 0) is 35.4 Å². The smallest absolute Gasteiger partial charge is 0.335 e. The average molecular weight is 429 g/mol. The van der Waals surface area contributed by atoms with Gasteiger partial charge in [0.25, 0.3) is 0 Å². The van der Waals surface area contributed by atoms with E-state index in [1.165, 1.54) is 12.1 Å². The minimum absolute atomic E-state index is 0.0280. The molecule has 0 atom stereocenters. The van der Waals surface area contributed by atoms with Gasteiger partial charge in [0.2, 0.25) is 11.8 Å². The largest absolute Gasteiger partial charge is 0.478 e. The van der Waals surface area contributed by atoms with Crippen molar-refractivity contribution in [2.75, 3.05) is 0 Å². The maximum Gasteiger partial charge on any atom is 0.335 e. The van der Waals surface area contributed by atoms with Gasteiger partial charge in [0, 0.05) is 17.2 Å². The Morgan fingerprint density at radius 2 is 1.41 bits per heavy atom. The van der Waals surface area contributed by atoms with Gasteiger partial charge in [-0.15, -0.1) is 0 Å². The van der Waals surface area contributed by atoms with Crippen molar-refractivity contribution in [3.05, 3.63) is 114 Å². The third-order valence-electron chi connectivity index (χ3n) is 4.79. The lowest BCUT2D eigenvalue weighted by Gasteiger charge is -2.14. The predicted octanol–water partition coefficient (Wildman–Crippen LogP) is 5.74. The molecule has 5 nitrogen and oxygen atoms in total. The third-order valence-corrected chi connectivity index (χ3v) is 4.79. The molecular formula is C26H20FNO4. The van der Waals surface area contributed by atoms with Crippen LogP contribution in [0.3, 0.4) is 0 Å². The lowest BCUT2D eigenvalue weighted by Crippen LogP contribution is -2.04. The lowest BCUT2D eigenvalue weighted by molar-refractivity contribution is 0.0697. The summed E-state index contributed by atoms with van der Waals surface area (Å²) < 4.78 is 26.3. The van der Waals surface area contributed by atoms with Crippen LogP contribution in [-0.4, -0.2) is 16.1 Å². The molecule has 1 aromatic heterocycles. The number of carbonyl (C=O) groups is 1. The second kappa shape index (κ2) is 9.75. The monoisotopic (exact) mass is 429 g/mol. The predicted molar refractivity (Wildman–Crippen MR) is 118 cm³/mol. The minimum Gasteiger partial charge on any atom is -0.478 e. The molecule has 0 aliphatic carbocycles. The highest BCUT2D eigenvalue weighted by Gasteiger charge is 2.17. The molecule has 0 amide bonds. The summed E-state index contributed by atoms with van der Waals surface area (Å²) in [6.45, 7) is 0.525. The fourth-order valence-electron chi connectivity index (χ4n) is 3.14. The van der Waals surface area contributed by atoms with Crippen molar-refractivity contribution < 1.29 is 23.8 Å². The molecule has 160 valence electrons. The first-order valence-corrected chi connectivity index (χ1v) is 9.98. The lowest BCUT2D eigenvalue weighted by atomic mass is 10.0. The van der Waals surface area contributed by atoms with E-state index in [0.29, 0.717) is 18.1 Å². The average Bonchev–Trinajstić information content (AvgIpc) is 2.83. The van der Waals surface area contributed by atoms with E-state index in [9.17, 15) is 14.3 Å². The van der Waals surface area contributed by atoms with Crippen molar-refractivity contribution in [2.24, 2.45) is 0 Å². The van der Waals surface area contributed by atoms with Crippen LogP contribution in [0.15, 0.2) is 91.0 Å². The number of hydrogen-bond acceptors (Lipinski definition) is 4. The number of carboxylic acid groups (broad SMARTS) is 1. The SMILES string of the molecule is O=C(O)c1ccc(F)c(-c2ccc(OCc3ccccc3)nc2OCc2ccccc2)c1. The molecule has 0 radical (unpaired) electrons. The quantitative estimate of drug-likeness (QED) is 0.387. The van der Waals surface area contributed by atoms with Crippen LogP contribution in [0.5, 0.6) is 11.8 Å². The van der Waals surface area contributed by atoms with E-state index in [4.69, 9.17) is 9.47 Å². The highest BCUT2D eigenvalue weighted by atomic mass is 19.1. The van der Waals surface area contributed by atoms with Crippen molar-refractivity contribution in [1.82, 2.24) is 4.98 Å². The van der Waals surface area contributed by atoms with Gasteiger partial charge in [-0.25, -0.2) is 9.18 Å². The highest BCUT2D eigenvalue weighted by Crippen LogP contribution is 2.33. The summed E-state index contributed by atoms with van der Waals surface area (Å²) in [5.41, 5.74) is 2.30. The second-order valence-corrected chi connectivity index (χ2v) is 7.05. The molecule has 0 aliphatic heterocycles. The van der Waals surface area contributed by atoms with Crippen LogP contribution in [0, 0.1) is 5.82 Å². The fraction of sp³-hybridized carbons (Fsp3) is 0.0769. The summed E-state index contributed by atoms with van der Waals surface area (Å²) in [7, 11) is 0. The van der Waals surface area contributed by atoms with Gasteiger partial charge in [0.05, 0.1) is 5.56 Å². The topological polar surface area (TPSA) is 68.7 Å². The molecule has 6 heteroatoms. The Labute approximate surface area is 184 Å². The normalized spacial score (nSPS) is 10.5. The Kier molecular flexibility index (Phi) is 6.41. The van der Waals surface area contributed by atoms with Crippen LogP contribution in [-0.2, 0) is 13.2 Å². The van der Waals surface area contributed by atoms with E-state index in [2.05, 4.69) is 4.98 Å². The van der Waals surface area contributed by atoms with Crippen LogP contribution in [0.2, 0.25) is 0 Å². The number of rotatable bonds is 8. The van der Waals surface area contributed by atoms with Crippen LogP contribution in [0.4, 0.5) is 4.39 Å². The molecule has 4 rings (SSSR count). The van der Waals surface area contributed by atoms with Crippen molar-refractivity contribution in [2.45, 2.75) is 13.2 Å². The van der Waals surface area contributed by atoms with Crippen LogP contribution < -0.4 is 9.47 Å². The number of pyridine rings is 1. The van der Waals surface area contributed by atoms with Crippen molar-refractivity contribution in [3.63, 3.8) is 0 Å². The molecule has 0 saturated heterocycles. The zero-order valence-corrected chi connectivity index (χ0v) is 17.1. The Morgan fingerprint density at radius 3 is 2.03 bits per heavy atom. The number of aromatic carboxylic acids is 1. The van der Waals surface area contributed by atoms with E-state index in [1.807, 2.05) is 60.7 Å². The maximum atomic E-state index is 14.6. The summed E-state index contributed by atoms with van der Waals surface area (Å²) in [5, 5.41) is 9.30. The Morgan fingerprint density at radius 1 is 0.781 bits per heavy atom.